The van der Waals surface area contributed by atoms with E-state index in [1.165, 1.54) is 0 Å². The van der Waals surface area contributed by atoms with Crippen LogP contribution >= 0.6 is 0 Å². The predicted molar refractivity (Wildman–Crippen MR) is 57.2 cm³/mol. The van der Waals surface area contributed by atoms with Crippen molar-refractivity contribution in [2.75, 3.05) is 6.61 Å². The molecule has 0 aliphatic carbocycles. The molecule has 0 saturated heterocycles. The summed E-state index contributed by atoms with van der Waals surface area (Å²) in [5.74, 6) is 0.830. The Kier molecular flexibility index (Phi) is 3.89. The Bertz CT molecular complexity index is 257. The third-order valence-electron chi connectivity index (χ3n) is 2.58. The molecule has 0 radical (unpaired) electrons. The monoisotopic (exact) mass is 194 g/mol. The second kappa shape index (κ2) is 4.96. The van der Waals surface area contributed by atoms with Gasteiger partial charge in [0.1, 0.15) is 12.4 Å². The number of pyridine rings is 1. The van der Waals surface area contributed by atoms with Crippen LogP contribution < -0.4 is 10.5 Å². The second-order valence-electron chi connectivity index (χ2n) is 3.54. The van der Waals surface area contributed by atoms with Gasteiger partial charge in [0, 0.05) is 17.9 Å². The molecule has 0 bridgehead atoms. The van der Waals surface area contributed by atoms with Gasteiger partial charge in [-0.25, -0.2) is 0 Å². The highest BCUT2D eigenvalue weighted by Crippen LogP contribution is 2.14. The van der Waals surface area contributed by atoms with Crippen molar-refractivity contribution in [1.82, 2.24) is 4.98 Å². The summed E-state index contributed by atoms with van der Waals surface area (Å²) >= 11 is 0. The van der Waals surface area contributed by atoms with Crippen molar-refractivity contribution in [3.05, 3.63) is 24.5 Å². The fraction of sp³-hybridized carbons (Fsp3) is 0.545. The molecule has 78 valence electrons. The largest absolute Gasteiger partial charge is 0.492 e. The van der Waals surface area contributed by atoms with Crippen molar-refractivity contribution in [2.45, 2.75) is 32.2 Å². The summed E-state index contributed by atoms with van der Waals surface area (Å²) in [6, 6.07) is 3.68. The molecule has 0 atom stereocenters. The Balaban J connectivity index is 2.48. The van der Waals surface area contributed by atoms with E-state index in [0.29, 0.717) is 6.61 Å². The minimum atomic E-state index is -0.205. The first-order valence-corrected chi connectivity index (χ1v) is 5.02. The van der Waals surface area contributed by atoms with Crippen LogP contribution in [0.25, 0.3) is 0 Å². The van der Waals surface area contributed by atoms with Crippen LogP contribution in [-0.2, 0) is 0 Å². The normalized spacial score (nSPS) is 11.4. The van der Waals surface area contributed by atoms with Gasteiger partial charge in [0.2, 0.25) is 0 Å². The van der Waals surface area contributed by atoms with Gasteiger partial charge >= 0.3 is 0 Å². The third-order valence-corrected chi connectivity index (χ3v) is 2.58. The predicted octanol–water partition coefficient (Wildman–Crippen LogP) is 1.98. The van der Waals surface area contributed by atoms with Crippen LogP contribution in [0.4, 0.5) is 0 Å². The van der Waals surface area contributed by atoms with E-state index >= 15 is 0 Å². The molecule has 1 aromatic heterocycles. The molecular weight excluding hydrogens is 176 g/mol. The lowest BCUT2D eigenvalue weighted by Crippen LogP contribution is -2.44. The van der Waals surface area contributed by atoms with Gasteiger partial charge in [-0.05, 0) is 25.0 Å². The zero-order chi connectivity index (χ0) is 10.4. The standard InChI is InChI=1S/C11H18N2O/c1-3-11(12,4-2)9-14-10-5-7-13-8-6-10/h5-8H,3-4,9,12H2,1-2H3. The molecule has 3 heteroatoms. The van der Waals surface area contributed by atoms with E-state index in [0.717, 1.165) is 18.6 Å². The van der Waals surface area contributed by atoms with Crippen LogP contribution in [0.15, 0.2) is 24.5 Å². The first-order chi connectivity index (χ1) is 6.70. The van der Waals surface area contributed by atoms with Gasteiger partial charge in [0.15, 0.2) is 0 Å². The molecule has 0 fully saturated rings. The Morgan fingerprint density at radius 1 is 1.29 bits per heavy atom. The average Bonchev–Trinajstić information content (AvgIpc) is 2.27. The summed E-state index contributed by atoms with van der Waals surface area (Å²) in [6.07, 6.45) is 5.28. The molecule has 3 nitrogen and oxygen atoms in total. The van der Waals surface area contributed by atoms with Crippen LogP contribution in [0, 0.1) is 0 Å². The molecule has 0 spiro atoms. The number of nitrogens with two attached hydrogens (primary N) is 1. The van der Waals surface area contributed by atoms with Crippen LogP contribution in [0.1, 0.15) is 26.7 Å². The third kappa shape index (κ3) is 3.00. The van der Waals surface area contributed by atoms with Crippen molar-refractivity contribution in [1.29, 1.82) is 0 Å². The molecule has 0 unspecified atom stereocenters. The fourth-order valence-electron chi connectivity index (χ4n) is 1.12. The topological polar surface area (TPSA) is 48.1 Å². The molecular formula is C11H18N2O. The van der Waals surface area contributed by atoms with E-state index in [2.05, 4.69) is 18.8 Å². The fourth-order valence-corrected chi connectivity index (χ4v) is 1.12. The van der Waals surface area contributed by atoms with Crippen LogP contribution in [0.3, 0.4) is 0 Å². The number of nitrogens with zero attached hydrogens (tertiary/aromatic N) is 1. The first kappa shape index (κ1) is 11.0. The van der Waals surface area contributed by atoms with Gasteiger partial charge in [-0.1, -0.05) is 13.8 Å². The summed E-state index contributed by atoms with van der Waals surface area (Å²) in [5, 5.41) is 0. The molecule has 14 heavy (non-hydrogen) atoms. The number of rotatable bonds is 5. The molecule has 0 aliphatic rings. The highest BCUT2D eigenvalue weighted by molar-refractivity contribution is 5.17. The Labute approximate surface area is 85.3 Å². The molecule has 1 heterocycles. The Morgan fingerprint density at radius 3 is 2.36 bits per heavy atom. The Hall–Kier alpha value is -1.09. The van der Waals surface area contributed by atoms with Crippen LogP contribution in [-0.4, -0.2) is 17.1 Å². The van der Waals surface area contributed by atoms with E-state index in [1.54, 1.807) is 12.4 Å². The molecule has 0 aliphatic heterocycles. The number of aromatic nitrogens is 1. The molecule has 0 aromatic carbocycles. The van der Waals surface area contributed by atoms with E-state index in [4.69, 9.17) is 10.5 Å². The quantitative estimate of drug-likeness (QED) is 0.779. The van der Waals surface area contributed by atoms with E-state index in [-0.39, 0.29) is 5.54 Å². The number of ether oxygens (including phenoxy) is 1. The average molecular weight is 194 g/mol. The second-order valence-corrected chi connectivity index (χ2v) is 3.54. The van der Waals surface area contributed by atoms with Crippen molar-refractivity contribution >= 4 is 0 Å². The maximum absolute atomic E-state index is 6.10. The summed E-state index contributed by atoms with van der Waals surface area (Å²) in [5.41, 5.74) is 5.90. The molecule has 1 aromatic rings. The molecule has 0 amide bonds. The van der Waals surface area contributed by atoms with Gasteiger partial charge < -0.3 is 10.5 Å². The summed E-state index contributed by atoms with van der Waals surface area (Å²) in [6.45, 7) is 4.73. The first-order valence-electron chi connectivity index (χ1n) is 5.02. The van der Waals surface area contributed by atoms with Crippen molar-refractivity contribution in [2.24, 2.45) is 5.73 Å². The minimum Gasteiger partial charge on any atom is -0.492 e. The lowest BCUT2D eigenvalue weighted by Gasteiger charge is -2.26. The number of hydrogen-bond acceptors (Lipinski definition) is 3. The zero-order valence-corrected chi connectivity index (χ0v) is 8.86. The van der Waals surface area contributed by atoms with Crippen molar-refractivity contribution in [3.8, 4) is 5.75 Å². The van der Waals surface area contributed by atoms with Crippen molar-refractivity contribution in [3.63, 3.8) is 0 Å². The molecule has 1 rings (SSSR count). The van der Waals surface area contributed by atoms with E-state index in [9.17, 15) is 0 Å². The van der Waals surface area contributed by atoms with E-state index < -0.39 is 0 Å². The summed E-state index contributed by atoms with van der Waals surface area (Å²) in [7, 11) is 0. The molecule has 2 N–H and O–H groups in total. The SMILES string of the molecule is CCC(N)(CC)COc1ccncc1. The van der Waals surface area contributed by atoms with E-state index in [1.807, 2.05) is 12.1 Å². The highest BCUT2D eigenvalue weighted by Gasteiger charge is 2.20. The molecule has 0 saturated carbocycles. The lowest BCUT2D eigenvalue weighted by molar-refractivity contribution is 0.207. The lowest BCUT2D eigenvalue weighted by atomic mass is 9.96. The van der Waals surface area contributed by atoms with Gasteiger partial charge in [-0.3, -0.25) is 4.98 Å². The Morgan fingerprint density at radius 2 is 1.86 bits per heavy atom. The summed E-state index contributed by atoms with van der Waals surface area (Å²) in [4.78, 5) is 3.92. The van der Waals surface area contributed by atoms with Gasteiger partial charge in [0.05, 0.1) is 0 Å². The van der Waals surface area contributed by atoms with Crippen molar-refractivity contribution < 1.29 is 4.74 Å². The summed E-state index contributed by atoms with van der Waals surface area (Å²) < 4.78 is 5.59. The van der Waals surface area contributed by atoms with Gasteiger partial charge in [-0.15, -0.1) is 0 Å². The maximum atomic E-state index is 6.10. The maximum Gasteiger partial charge on any atom is 0.122 e. The zero-order valence-electron chi connectivity index (χ0n) is 8.86. The van der Waals surface area contributed by atoms with Gasteiger partial charge in [0.25, 0.3) is 0 Å². The van der Waals surface area contributed by atoms with Crippen LogP contribution in [0.2, 0.25) is 0 Å². The van der Waals surface area contributed by atoms with Gasteiger partial charge in [-0.2, -0.15) is 0 Å². The van der Waals surface area contributed by atoms with Crippen LogP contribution in [0.5, 0.6) is 5.75 Å². The number of hydrogen-bond donors (Lipinski definition) is 1. The highest BCUT2D eigenvalue weighted by atomic mass is 16.5. The minimum absolute atomic E-state index is 0.205. The smallest absolute Gasteiger partial charge is 0.122 e.